The highest BCUT2D eigenvalue weighted by Crippen LogP contribution is 2.21. The predicted molar refractivity (Wildman–Crippen MR) is 97.0 cm³/mol. The summed E-state index contributed by atoms with van der Waals surface area (Å²) in [5.74, 6) is -1.48. The van der Waals surface area contributed by atoms with Crippen molar-refractivity contribution in [3.63, 3.8) is 0 Å². The van der Waals surface area contributed by atoms with Gasteiger partial charge in [-0.3, -0.25) is 14.9 Å². The van der Waals surface area contributed by atoms with E-state index in [9.17, 15) is 19.7 Å². The summed E-state index contributed by atoms with van der Waals surface area (Å²) in [4.78, 5) is 34.6. The van der Waals surface area contributed by atoms with Gasteiger partial charge in [0.2, 0.25) is 0 Å². The Hall–Kier alpha value is -2.90. The highest BCUT2D eigenvalue weighted by atomic mass is 35.5. The molecule has 0 fully saturated rings. The van der Waals surface area contributed by atoms with Crippen molar-refractivity contribution < 1.29 is 19.2 Å². The van der Waals surface area contributed by atoms with Gasteiger partial charge < -0.3 is 10.1 Å². The lowest BCUT2D eigenvalue weighted by Crippen LogP contribution is -2.28. The van der Waals surface area contributed by atoms with Gasteiger partial charge in [0.25, 0.3) is 11.6 Å². The molecule has 2 rings (SSSR count). The first-order valence-corrected chi connectivity index (χ1v) is 7.88. The molecule has 0 aromatic heterocycles. The maximum absolute atomic E-state index is 12.4. The van der Waals surface area contributed by atoms with Crippen molar-refractivity contribution in [1.29, 1.82) is 0 Å². The average molecular weight is 395 g/mol. The lowest BCUT2D eigenvalue weighted by molar-refractivity contribution is -0.384. The maximum atomic E-state index is 12.4. The predicted octanol–water partition coefficient (Wildman–Crippen LogP) is 3.85. The number of nitrogens with one attached hydrogen (secondary N) is 1. The van der Waals surface area contributed by atoms with Crippen molar-refractivity contribution in [1.82, 2.24) is 5.32 Å². The third-order valence-electron chi connectivity index (χ3n) is 3.22. The van der Waals surface area contributed by atoms with Crippen LogP contribution in [0.4, 0.5) is 5.69 Å². The van der Waals surface area contributed by atoms with Crippen LogP contribution in [-0.2, 0) is 9.53 Å². The quantitative estimate of drug-likeness (QED) is 0.359. The van der Waals surface area contributed by atoms with E-state index in [0.29, 0.717) is 10.6 Å². The van der Waals surface area contributed by atoms with Gasteiger partial charge in [0.15, 0.2) is 0 Å². The van der Waals surface area contributed by atoms with E-state index in [-0.39, 0.29) is 22.0 Å². The second kappa shape index (κ2) is 8.46. The first-order valence-electron chi connectivity index (χ1n) is 7.12. The molecule has 134 valence electrons. The van der Waals surface area contributed by atoms with Gasteiger partial charge in [-0.05, 0) is 29.8 Å². The summed E-state index contributed by atoms with van der Waals surface area (Å²) in [6.45, 7) is 0. The third kappa shape index (κ3) is 4.81. The number of nitro benzene ring substituents is 1. The molecule has 0 saturated heterocycles. The van der Waals surface area contributed by atoms with Crippen LogP contribution < -0.4 is 5.32 Å². The number of hydrogen-bond acceptors (Lipinski definition) is 5. The van der Waals surface area contributed by atoms with Crippen molar-refractivity contribution in [3.05, 3.63) is 79.4 Å². The fourth-order valence-corrected chi connectivity index (χ4v) is 2.51. The second-order valence-electron chi connectivity index (χ2n) is 4.98. The Labute approximate surface area is 158 Å². The number of non-ortho nitro benzene ring substituents is 1. The van der Waals surface area contributed by atoms with Crippen molar-refractivity contribution in [3.8, 4) is 0 Å². The van der Waals surface area contributed by atoms with E-state index >= 15 is 0 Å². The number of rotatable bonds is 5. The van der Waals surface area contributed by atoms with Gasteiger partial charge in [-0.15, -0.1) is 0 Å². The van der Waals surface area contributed by atoms with Crippen LogP contribution in [0.1, 0.15) is 15.9 Å². The van der Waals surface area contributed by atoms with Crippen molar-refractivity contribution in [2.24, 2.45) is 0 Å². The monoisotopic (exact) mass is 394 g/mol. The first kappa shape index (κ1) is 19.4. The second-order valence-corrected chi connectivity index (χ2v) is 5.82. The van der Waals surface area contributed by atoms with Crippen LogP contribution in [0, 0.1) is 10.1 Å². The lowest BCUT2D eigenvalue weighted by atomic mass is 10.1. The summed E-state index contributed by atoms with van der Waals surface area (Å²) in [5, 5.41) is 13.7. The maximum Gasteiger partial charge on any atom is 0.354 e. The third-order valence-corrected chi connectivity index (χ3v) is 3.77. The number of amides is 1. The largest absolute Gasteiger partial charge is 0.464 e. The minimum absolute atomic E-state index is 0.102. The summed E-state index contributed by atoms with van der Waals surface area (Å²) in [6.07, 6.45) is 1.26. The Balaban J connectivity index is 2.36. The summed E-state index contributed by atoms with van der Waals surface area (Å²) in [6, 6.07) is 9.83. The molecular formula is C17H12Cl2N2O5. The number of carbonyl (C=O) groups excluding carboxylic acids is 2. The van der Waals surface area contributed by atoms with Crippen LogP contribution in [0.5, 0.6) is 0 Å². The molecule has 1 amide bonds. The number of halogens is 2. The topological polar surface area (TPSA) is 98.5 Å². The molecule has 0 unspecified atom stereocenters. The van der Waals surface area contributed by atoms with Crippen LogP contribution >= 0.6 is 23.2 Å². The minimum Gasteiger partial charge on any atom is -0.464 e. The number of nitro groups is 1. The molecule has 0 aliphatic rings. The Morgan fingerprint density at radius 2 is 1.92 bits per heavy atom. The van der Waals surface area contributed by atoms with E-state index in [1.165, 1.54) is 48.5 Å². The average Bonchev–Trinajstić information content (AvgIpc) is 2.60. The zero-order chi connectivity index (χ0) is 19.3. The van der Waals surface area contributed by atoms with E-state index in [1.54, 1.807) is 0 Å². The zero-order valence-corrected chi connectivity index (χ0v) is 14.9. The number of nitrogens with zero attached hydrogens (tertiary/aromatic N) is 1. The van der Waals surface area contributed by atoms with Crippen molar-refractivity contribution >= 4 is 46.8 Å². The Morgan fingerprint density at radius 1 is 1.19 bits per heavy atom. The first-order chi connectivity index (χ1) is 12.3. The van der Waals surface area contributed by atoms with Gasteiger partial charge in [-0.1, -0.05) is 35.3 Å². The zero-order valence-electron chi connectivity index (χ0n) is 13.4. The molecule has 0 spiro atoms. The fourth-order valence-electron chi connectivity index (χ4n) is 2.01. The fraction of sp³-hybridized carbons (Fsp3) is 0.0588. The van der Waals surface area contributed by atoms with Crippen molar-refractivity contribution in [2.45, 2.75) is 0 Å². The lowest BCUT2D eigenvalue weighted by Gasteiger charge is -2.09. The molecule has 0 radical (unpaired) electrons. The smallest absolute Gasteiger partial charge is 0.354 e. The molecule has 2 aromatic rings. The normalized spacial score (nSPS) is 11.0. The number of ether oxygens (including phenoxy) is 1. The molecule has 9 heteroatoms. The van der Waals surface area contributed by atoms with Crippen LogP contribution in [0.3, 0.4) is 0 Å². The summed E-state index contributed by atoms with van der Waals surface area (Å²) in [7, 11) is 1.14. The summed E-state index contributed by atoms with van der Waals surface area (Å²) >= 11 is 11.8. The number of carbonyl (C=O) groups is 2. The van der Waals surface area contributed by atoms with Crippen LogP contribution in [-0.4, -0.2) is 23.9 Å². The van der Waals surface area contributed by atoms with Gasteiger partial charge in [-0.25, -0.2) is 4.79 Å². The highest BCUT2D eigenvalue weighted by Gasteiger charge is 2.17. The molecule has 0 aliphatic heterocycles. The standard InChI is InChI=1S/C17H12Cl2N2O5/c1-26-17(23)15(8-10-3-2-4-12(7-10)21(24)25)20-16(22)13-6-5-11(18)9-14(13)19/h2-9H,1H3,(H,20,22)/b15-8-. The van der Waals surface area contributed by atoms with Gasteiger partial charge >= 0.3 is 5.97 Å². The molecular weight excluding hydrogens is 383 g/mol. The van der Waals surface area contributed by atoms with Gasteiger partial charge in [0, 0.05) is 17.2 Å². The molecule has 0 aliphatic carbocycles. The molecule has 0 saturated carbocycles. The van der Waals surface area contributed by atoms with Crippen LogP contribution in [0.15, 0.2) is 48.2 Å². The van der Waals surface area contributed by atoms with Gasteiger partial charge in [-0.2, -0.15) is 0 Å². The Morgan fingerprint density at radius 3 is 2.54 bits per heavy atom. The van der Waals surface area contributed by atoms with Crippen LogP contribution in [0.25, 0.3) is 6.08 Å². The SMILES string of the molecule is COC(=O)/C(=C/c1cccc([N+](=O)[O-])c1)NC(=O)c1ccc(Cl)cc1Cl. The molecule has 7 nitrogen and oxygen atoms in total. The molecule has 1 N–H and O–H groups in total. The van der Waals surface area contributed by atoms with Gasteiger partial charge in [0.05, 0.1) is 22.6 Å². The van der Waals surface area contributed by atoms with E-state index in [1.807, 2.05) is 0 Å². The van der Waals surface area contributed by atoms with Crippen LogP contribution in [0.2, 0.25) is 10.0 Å². The van der Waals surface area contributed by atoms with E-state index in [2.05, 4.69) is 10.1 Å². The molecule has 2 aromatic carbocycles. The number of methoxy groups -OCH3 is 1. The highest BCUT2D eigenvalue weighted by molar-refractivity contribution is 6.36. The molecule has 26 heavy (non-hydrogen) atoms. The van der Waals surface area contributed by atoms with Crippen molar-refractivity contribution in [2.75, 3.05) is 7.11 Å². The number of hydrogen-bond donors (Lipinski definition) is 1. The number of benzene rings is 2. The summed E-state index contributed by atoms with van der Waals surface area (Å²) in [5.41, 5.74) is 0.0751. The Kier molecular flexibility index (Phi) is 6.32. The minimum atomic E-state index is -0.824. The van der Waals surface area contributed by atoms with E-state index in [0.717, 1.165) is 7.11 Å². The molecule has 0 heterocycles. The summed E-state index contributed by atoms with van der Waals surface area (Å²) < 4.78 is 4.64. The van der Waals surface area contributed by atoms with E-state index in [4.69, 9.17) is 23.2 Å². The number of esters is 1. The Bertz CT molecular complexity index is 912. The van der Waals surface area contributed by atoms with Gasteiger partial charge in [0.1, 0.15) is 5.70 Å². The molecule has 0 bridgehead atoms. The van der Waals surface area contributed by atoms with E-state index < -0.39 is 16.8 Å². The molecule has 0 atom stereocenters.